The molecule has 0 saturated carbocycles. The summed E-state index contributed by atoms with van der Waals surface area (Å²) in [7, 11) is 0. The fourth-order valence-electron chi connectivity index (χ4n) is 2.90. The van der Waals surface area contributed by atoms with E-state index in [9.17, 15) is 18.0 Å². The molecule has 0 aliphatic heterocycles. The minimum absolute atomic E-state index is 0.328. The molecule has 0 radical (unpaired) electrons. The van der Waals surface area contributed by atoms with Gasteiger partial charge in [0.25, 0.3) is 5.91 Å². The molecule has 0 atom stereocenters. The number of rotatable bonds is 4. The Hall–Kier alpha value is -3.53. The molecule has 0 aliphatic carbocycles. The molecule has 1 amide bonds. The monoisotopic (exact) mass is 444 g/mol. The van der Waals surface area contributed by atoms with E-state index in [1.165, 1.54) is 18.5 Å². The molecule has 2 aromatic carbocycles. The topological polar surface area (TPSA) is 80.9 Å². The third-order valence-corrected chi connectivity index (χ3v) is 5.76. The van der Waals surface area contributed by atoms with E-state index in [-0.39, 0.29) is 5.91 Å². The minimum atomic E-state index is -4.41. The van der Waals surface area contributed by atoms with Crippen LogP contribution in [0.3, 0.4) is 0 Å². The first-order valence-corrected chi connectivity index (χ1v) is 9.87. The molecular weight excluding hydrogens is 429 g/mol. The Bertz CT molecular complexity index is 1230. The summed E-state index contributed by atoms with van der Waals surface area (Å²) in [4.78, 5) is 17.6. The number of hydrogen-bond donors (Lipinski definition) is 1. The molecule has 0 fully saturated rings. The highest BCUT2D eigenvalue weighted by atomic mass is 32.1. The van der Waals surface area contributed by atoms with Gasteiger partial charge >= 0.3 is 6.18 Å². The maximum atomic E-state index is 12.9. The summed E-state index contributed by atoms with van der Waals surface area (Å²) >= 11 is 1.12. The number of aromatic nitrogens is 3. The van der Waals surface area contributed by atoms with E-state index in [4.69, 9.17) is 4.42 Å². The Kier molecular flexibility index (Phi) is 5.32. The molecule has 1 N–H and O–H groups in total. The maximum absolute atomic E-state index is 12.9. The number of amides is 1. The van der Waals surface area contributed by atoms with Crippen LogP contribution in [0.2, 0.25) is 0 Å². The summed E-state index contributed by atoms with van der Waals surface area (Å²) in [5, 5.41) is 10.8. The Balaban J connectivity index is 1.58. The second-order valence-corrected chi connectivity index (χ2v) is 7.74. The van der Waals surface area contributed by atoms with Gasteiger partial charge in [0, 0.05) is 16.8 Å². The van der Waals surface area contributed by atoms with Gasteiger partial charge in [-0.2, -0.15) is 13.2 Å². The molecule has 0 unspecified atom stereocenters. The van der Waals surface area contributed by atoms with Gasteiger partial charge in [0.15, 0.2) is 0 Å². The van der Waals surface area contributed by atoms with E-state index in [2.05, 4.69) is 20.5 Å². The summed E-state index contributed by atoms with van der Waals surface area (Å²) in [6.07, 6.45) is -3.19. The Morgan fingerprint density at radius 3 is 2.42 bits per heavy atom. The van der Waals surface area contributed by atoms with E-state index < -0.39 is 11.7 Å². The van der Waals surface area contributed by atoms with Crippen LogP contribution in [0, 0.1) is 13.8 Å². The SMILES string of the molecule is Cc1ccc(-c2nnco2)cc1NC(=O)c1sc(-c2ccc(C(F)(F)F)cc2)nc1C. The summed E-state index contributed by atoms with van der Waals surface area (Å²) in [5.41, 5.74) is 2.33. The molecule has 10 heteroatoms. The van der Waals surface area contributed by atoms with Gasteiger partial charge in [-0.1, -0.05) is 18.2 Å². The predicted molar refractivity (Wildman–Crippen MR) is 110 cm³/mol. The van der Waals surface area contributed by atoms with Gasteiger partial charge < -0.3 is 9.73 Å². The van der Waals surface area contributed by atoms with Crippen molar-refractivity contribution in [2.45, 2.75) is 20.0 Å². The number of thiazole rings is 1. The lowest BCUT2D eigenvalue weighted by atomic mass is 10.1. The predicted octanol–water partition coefficient (Wildman–Crippen LogP) is 5.75. The maximum Gasteiger partial charge on any atom is 0.416 e. The lowest BCUT2D eigenvalue weighted by molar-refractivity contribution is -0.137. The first-order chi connectivity index (χ1) is 14.7. The Labute approximate surface area is 178 Å². The van der Waals surface area contributed by atoms with Crippen molar-refractivity contribution in [2.24, 2.45) is 0 Å². The van der Waals surface area contributed by atoms with Crippen LogP contribution in [-0.2, 0) is 6.18 Å². The first-order valence-electron chi connectivity index (χ1n) is 9.06. The van der Waals surface area contributed by atoms with E-state index in [0.29, 0.717) is 38.3 Å². The molecule has 6 nitrogen and oxygen atoms in total. The van der Waals surface area contributed by atoms with Crippen molar-refractivity contribution in [1.82, 2.24) is 15.2 Å². The van der Waals surface area contributed by atoms with Gasteiger partial charge in [0.1, 0.15) is 9.88 Å². The zero-order valence-electron chi connectivity index (χ0n) is 16.3. The Morgan fingerprint density at radius 2 is 1.77 bits per heavy atom. The van der Waals surface area contributed by atoms with Crippen molar-refractivity contribution in [1.29, 1.82) is 0 Å². The summed E-state index contributed by atoms with van der Waals surface area (Å²) in [6, 6.07) is 10.0. The third kappa shape index (κ3) is 4.33. The zero-order chi connectivity index (χ0) is 22.2. The number of halogens is 3. The summed E-state index contributed by atoms with van der Waals surface area (Å²) < 4.78 is 43.5. The zero-order valence-corrected chi connectivity index (χ0v) is 17.1. The quantitative estimate of drug-likeness (QED) is 0.434. The largest absolute Gasteiger partial charge is 0.423 e. The fourth-order valence-corrected chi connectivity index (χ4v) is 3.87. The highest BCUT2D eigenvalue weighted by Crippen LogP contribution is 2.33. The van der Waals surface area contributed by atoms with Crippen molar-refractivity contribution in [3.05, 3.63) is 70.6 Å². The van der Waals surface area contributed by atoms with Gasteiger partial charge in [-0.05, 0) is 43.7 Å². The third-order valence-electron chi connectivity index (χ3n) is 4.55. The van der Waals surface area contributed by atoms with Crippen molar-refractivity contribution >= 4 is 22.9 Å². The van der Waals surface area contributed by atoms with Crippen molar-refractivity contribution < 1.29 is 22.4 Å². The van der Waals surface area contributed by atoms with Gasteiger partial charge in [0.2, 0.25) is 12.3 Å². The molecule has 4 rings (SSSR count). The molecule has 2 aromatic heterocycles. The van der Waals surface area contributed by atoms with Crippen LogP contribution in [0.15, 0.2) is 53.3 Å². The van der Waals surface area contributed by atoms with E-state index in [1.54, 1.807) is 19.1 Å². The summed E-state index contributed by atoms with van der Waals surface area (Å²) in [6.45, 7) is 3.53. The van der Waals surface area contributed by atoms with Crippen LogP contribution in [0.4, 0.5) is 18.9 Å². The van der Waals surface area contributed by atoms with Crippen LogP contribution in [0.5, 0.6) is 0 Å². The average molecular weight is 444 g/mol. The Morgan fingerprint density at radius 1 is 1.06 bits per heavy atom. The molecule has 4 aromatic rings. The number of anilines is 1. The lowest BCUT2D eigenvalue weighted by Crippen LogP contribution is -2.12. The van der Waals surface area contributed by atoms with Gasteiger partial charge in [0.05, 0.1) is 11.3 Å². The van der Waals surface area contributed by atoms with Crippen LogP contribution in [0.1, 0.15) is 26.5 Å². The molecule has 0 saturated heterocycles. The molecule has 0 aliphatic rings. The second-order valence-electron chi connectivity index (χ2n) is 6.74. The number of nitrogens with zero attached hydrogens (tertiary/aromatic N) is 3. The van der Waals surface area contributed by atoms with Gasteiger partial charge in [-0.25, -0.2) is 4.98 Å². The number of aryl methyl sites for hydroxylation is 2. The average Bonchev–Trinajstić information content (AvgIpc) is 3.39. The van der Waals surface area contributed by atoms with E-state index in [0.717, 1.165) is 29.0 Å². The molecule has 31 heavy (non-hydrogen) atoms. The van der Waals surface area contributed by atoms with E-state index >= 15 is 0 Å². The smallest absolute Gasteiger partial charge is 0.416 e. The molecule has 0 spiro atoms. The number of carbonyl (C=O) groups excluding carboxylic acids is 1. The molecule has 158 valence electrons. The molecule has 0 bridgehead atoms. The van der Waals surface area contributed by atoms with Crippen molar-refractivity contribution in [2.75, 3.05) is 5.32 Å². The lowest BCUT2D eigenvalue weighted by Gasteiger charge is -2.09. The van der Waals surface area contributed by atoms with Crippen molar-refractivity contribution in [3.63, 3.8) is 0 Å². The number of carbonyl (C=O) groups is 1. The van der Waals surface area contributed by atoms with Crippen molar-refractivity contribution in [3.8, 4) is 22.0 Å². The second kappa shape index (κ2) is 7.95. The number of alkyl halides is 3. The minimum Gasteiger partial charge on any atom is -0.423 e. The molecular formula is C21H15F3N4O2S. The number of hydrogen-bond acceptors (Lipinski definition) is 6. The number of benzene rings is 2. The van der Waals surface area contributed by atoms with Crippen LogP contribution < -0.4 is 5.32 Å². The summed E-state index contributed by atoms with van der Waals surface area (Å²) in [5.74, 6) is -0.0343. The normalized spacial score (nSPS) is 11.5. The van der Waals surface area contributed by atoms with Crippen LogP contribution in [-0.4, -0.2) is 21.1 Å². The molecule has 2 heterocycles. The standard InChI is InChI=1S/C21H15F3N4O2S/c1-11-3-4-14(19-28-25-10-30-19)9-16(11)27-18(29)17-12(2)26-20(31-17)13-5-7-15(8-6-13)21(22,23)24/h3-10H,1-2H3,(H,27,29). The first kappa shape index (κ1) is 20.7. The van der Waals surface area contributed by atoms with Crippen LogP contribution in [0.25, 0.3) is 22.0 Å². The highest BCUT2D eigenvalue weighted by Gasteiger charge is 2.30. The highest BCUT2D eigenvalue weighted by molar-refractivity contribution is 7.17. The number of nitrogens with one attached hydrogen (secondary N) is 1. The van der Waals surface area contributed by atoms with E-state index in [1.807, 2.05) is 13.0 Å². The van der Waals surface area contributed by atoms with Gasteiger partial charge in [-0.15, -0.1) is 21.5 Å². The van der Waals surface area contributed by atoms with Gasteiger partial charge in [-0.3, -0.25) is 4.79 Å². The van der Waals surface area contributed by atoms with Crippen LogP contribution >= 0.6 is 11.3 Å². The fraction of sp³-hybridized carbons (Fsp3) is 0.143.